The third kappa shape index (κ3) is 4.61. The van der Waals surface area contributed by atoms with Gasteiger partial charge in [0.2, 0.25) is 0 Å². The third-order valence-electron chi connectivity index (χ3n) is 5.53. The molecular weight excluding hydrogens is 421 g/mol. The molecule has 0 spiro atoms. The van der Waals surface area contributed by atoms with Gasteiger partial charge in [0.1, 0.15) is 0 Å². The third-order valence-corrected chi connectivity index (χ3v) is 5.53. The van der Waals surface area contributed by atoms with Crippen LogP contribution in [0.3, 0.4) is 0 Å². The van der Waals surface area contributed by atoms with Crippen molar-refractivity contribution < 1.29 is 4.79 Å². The number of halogens is 2. The zero-order chi connectivity index (χ0) is 19.7. The van der Waals surface area contributed by atoms with E-state index in [1.54, 1.807) is 6.20 Å². The van der Waals surface area contributed by atoms with E-state index in [1.807, 2.05) is 53.0 Å². The van der Waals surface area contributed by atoms with Crippen molar-refractivity contribution >= 4 is 41.8 Å². The zero-order valence-corrected chi connectivity index (χ0v) is 19.2. The van der Waals surface area contributed by atoms with Crippen molar-refractivity contribution in [3.05, 3.63) is 48.2 Å². The molecule has 0 bridgehead atoms. The van der Waals surface area contributed by atoms with Crippen molar-refractivity contribution in [1.29, 1.82) is 0 Å². The van der Waals surface area contributed by atoms with Crippen LogP contribution in [0.25, 0.3) is 22.3 Å². The van der Waals surface area contributed by atoms with Crippen LogP contribution < -0.4 is 5.32 Å². The number of fused-ring (bicyclic) bond motifs is 1. The first-order valence-corrected chi connectivity index (χ1v) is 9.98. The van der Waals surface area contributed by atoms with Gasteiger partial charge in [-0.05, 0) is 45.8 Å². The highest BCUT2D eigenvalue weighted by atomic mass is 35.5. The van der Waals surface area contributed by atoms with Gasteiger partial charge in [-0.25, -0.2) is 9.67 Å². The molecule has 1 aromatic carbocycles. The smallest absolute Gasteiger partial charge is 0.254 e. The summed E-state index contributed by atoms with van der Waals surface area (Å²) in [7, 11) is 1.92. The van der Waals surface area contributed by atoms with E-state index in [-0.39, 0.29) is 42.8 Å². The number of aromatic nitrogens is 3. The maximum Gasteiger partial charge on any atom is 0.254 e. The SMILES string of the molecule is CC(C)n1ncc2c(C(=O)N(C)C3CCNCC3)cc(-c3ccccc3)nc21.Cl.Cl. The fraction of sp³-hybridized carbons (Fsp3) is 0.409. The van der Waals surface area contributed by atoms with E-state index in [2.05, 4.69) is 24.3 Å². The molecule has 3 aromatic rings. The normalized spacial score (nSPS) is 14.3. The Balaban J connectivity index is 0.00000160. The van der Waals surface area contributed by atoms with E-state index < -0.39 is 0 Å². The van der Waals surface area contributed by atoms with Crippen molar-refractivity contribution in [2.24, 2.45) is 0 Å². The summed E-state index contributed by atoms with van der Waals surface area (Å²) in [6.07, 6.45) is 3.74. The molecule has 0 saturated carbocycles. The Morgan fingerprint density at radius 3 is 2.47 bits per heavy atom. The molecule has 30 heavy (non-hydrogen) atoms. The van der Waals surface area contributed by atoms with Crippen molar-refractivity contribution in [2.75, 3.05) is 20.1 Å². The van der Waals surface area contributed by atoms with Gasteiger partial charge in [-0.15, -0.1) is 24.8 Å². The second-order valence-electron chi connectivity index (χ2n) is 7.74. The molecule has 1 fully saturated rings. The number of pyridine rings is 1. The highest BCUT2D eigenvalue weighted by molar-refractivity contribution is 6.06. The van der Waals surface area contributed by atoms with Crippen molar-refractivity contribution in [3.8, 4) is 11.3 Å². The molecule has 8 heteroatoms. The van der Waals surface area contributed by atoms with Gasteiger partial charge < -0.3 is 10.2 Å². The van der Waals surface area contributed by atoms with E-state index in [4.69, 9.17) is 4.98 Å². The lowest BCUT2D eigenvalue weighted by Gasteiger charge is -2.32. The molecule has 4 rings (SSSR count). The Kier molecular flexibility index (Phi) is 8.24. The van der Waals surface area contributed by atoms with Gasteiger partial charge in [0, 0.05) is 24.7 Å². The molecule has 2 aromatic heterocycles. The van der Waals surface area contributed by atoms with E-state index in [9.17, 15) is 4.79 Å². The lowest BCUT2D eigenvalue weighted by atomic mass is 10.0. The Labute approximate surface area is 189 Å². The number of nitrogens with one attached hydrogen (secondary N) is 1. The van der Waals surface area contributed by atoms with E-state index in [1.165, 1.54) is 0 Å². The lowest BCUT2D eigenvalue weighted by molar-refractivity contribution is 0.0705. The van der Waals surface area contributed by atoms with E-state index in [0.29, 0.717) is 5.56 Å². The number of hydrogen-bond acceptors (Lipinski definition) is 4. The Bertz CT molecular complexity index is 984. The topological polar surface area (TPSA) is 63.1 Å². The maximum atomic E-state index is 13.5. The summed E-state index contributed by atoms with van der Waals surface area (Å²) >= 11 is 0. The first-order valence-electron chi connectivity index (χ1n) is 9.98. The van der Waals surface area contributed by atoms with Crippen LogP contribution in [0.4, 0.5) is 0 Å². The molecule has 1 saturated heterocycles. The summed E-state index contributed by atoms with van der Waals surface area (Å²) in [4.78, 5) is 20.2. The van der Waals surface area contributed by atoms with Crippen molar-refractivity contribution in [2.45, 2.75) is 38.8 Å². The number of piperidine rings is 1. The molecule has 1 N–H and O–H groups in total. The first kappa shape index (κ1) is 24.1. The van der Waals surface area contributed by atoms with E-state index in [0.717, 1.165) is 48.2 Å². The van der Waals surface area contributed by atoms with Crippen molar-refractivity contribution in [3.63, 3.8) is 0 Å². The number of rotatable bonds is 4. The van der Waals surface area contributed by atoms with Crippen LogP contribution in [0.2, 0.25) is 0 Å². The summed E-state index contributed by atoms with van der Waals surface area (Å²) in [6, 6.07) is 12.4. The predicted molar refractivity (Wildman–Crippen MR) is 126 cm³/mol. The van der Waals surface area contributed by atoms with Gasteiger partial charge in [-0.2, -0.15) is 5.10 Å². The van der Waals surface area contributed by atoms with Crippen LogP contribution in [0, 0.1) is 0 Å². The number of carbonyl (C=O) groups is 1. The molecular formula is C22H29Cl2N5O. The second kappa shape index (κ2) is 10.2. The summed E-state index contributed by atoms with van der Waals surface area (Å²) < 4.78 is 1.89. The monoisotopic (exact) mass is 449 g/mol. The van der Waals surface area contributed by atoms with Gasteiger partial charge in [0.05, 0.1) is 22.8 Å². The van der Waals surface area contributed by atoms with Crippen LogP contribution in [0.5, 0.6) is 0 Å². The average molecular weight is 450 g/mol. The fourth-order valence-electron chi connectivity index (χ4n) is 3.88. The van der Waals surface area contributed by atoms with Gasteiger partial charge in [-0.1, -0.05) is 30.3 Å². The number of hydrogen-bond donors (Lipinski definition) is 1. The summed E-state index contributed by atoms with van der Waals surface area (Å²) in [6.45, 7) is 6.06. The summed E-state index contributed by atoms with van der Waals surface area (Å²) in [5.41, 5.74) is 3.24. The van der Waals surface area contributed by atoms with E-state index >= 15 is 0 Å². The van der Waals surface area contributed by atoms with Crippen LogP contribution in [0.15, 0.2) is 42.6 Å². The van der Waals surface area contributed by atoms with Gasteiger partial charge >= 0.3 is 0 Å². The predicted octanol–water partition coefficient (Wildman–Crippen LogP) is 4.35. The number of nitrogens with zero attached hydrogens (tertiary/aromatic N) is 4. The largest absolute Gasteiger partial charge is 0.339 e. The zero-order valence-electron chi connectivity index (χ0n) is 17.5. The van der Waals surface area contributed by atoms with Crippen LogP contribution in [-0.4, -0.2) is 51.8 Å². The molecule has 0 radical (unpaired) electrons. The first-order chi connectivity index (χ1) is 13.6. The summed E-state index contributed by atoms with van der Waals surface area (Å²) in [5.74, 6) is 0.0415. The fourth-order valence-corrected chi connectivity index (χ4v) is 3.88. The molecule has 162 valence electrons. The lowest BCUT2D eigenvalue weighted by Crippen LogP contribution is -2.44. The molecule has 0 atom stereocenters. The average Bonchev–Trinajstić information content (AvgIpc) is 3.17. The minimum absolute atomic E-state index is 0. The van der Waals surface area contributed by atoms with Gasteiger partial charge in [0.15, 0.2) is 5.65 Å². The highest BCUT2D eigenvalue weighted by Gasteiger charge is 2.26. The standard InChI is InChI=1S/C22H27N5O.2ClH/c1-15(2)27-21-19(14-24-27)18(13-20(25-21)16-7-5-4-6-8-16)22(28)26(3)17-9-11-23-12-10-17;;/h4-8,13-15,17,23H,9-12H2,1-3H3;2*1H. The van der Waals surface area contributed by atoms with Crippen LogP contribution in [0.1, 0.15) is 43.1 Å². The number of benzene rings is 1. The van der Waals surface area contributed by atoms with Crippen LogP contribution in [-0.2, 0) is 0 Å². The Morgan fingerprint density at radius 2 is 1.83 bits per heavy atom. The van der Waals surface area contributed by atoms with Crippen molar-refractivity contribution in [1.82, 2.24) is 25.0 Å². The molecule has 1 aliphatic heterocycles. The minimum Gasteiger partial charge on any atom is -0.339 e. The molecule has 0 aliphatic carbocycles. The van der Waals surface area contributed by atoms with Gasteiger partial charge in [-0.3, -0.25) is 4.79 Å². The van der Waals surface area contributed by atoms with Gasteiger partial charge in [0.25, 0.3) is 5.91 Å². The molecule has 1 amide bonds. The molecule has 3 heterocycles. The quantitative estimate of drug-likeness (QED) is 0.642. The molecule has 0 unspecified atom stereocenters. The number of carbonyl (C=O) groups excluding carboxylic acids is 1. The molecule has 1 aliphatic rings. The molecule has 6 nitrogen and oxygen atoms in total. The Morgan fingerprint density at radius 1 is 1.17 bits per heavy atom. The number of amides is 1. The maximum absolute atomic E-state index is 13.5. The minimum atomic E-state index is 0. The van der Waals surface area contributed by atoms with Crippen LogP contribution >= 0.6 is 24.8 Å². The Hall–Kier alpha value is -2.15. The second-order valence-corrected chi connectivity index (χ2v) is 7.74. The highest BCUT2D eigenvalue weighted by Crippen LogP contribution is 2.28. The summed E-state index contributed by atoms with van der Waals surface area (Å²) in [5, 5.41) is 8.70.